The van der Waals surface area contributed by atoms with Crippen molar-refractivity contribution in [2.45, 2.75) is 23.2 Å². The van der Waals surface area contributed by atoms with Gasteiger partial charge in [0, 0.05) is 28.9 Å². The summed E-state index contributed by atoms with van der Waals surface area (Å²) < 4.78 is 14.2. The Labute approximate surface area is 248 Å². The first-order chi connectivity index (χ1) is 19.5. The van der Waals surface area contributed by atoms with E-state index in [0.29, 0.717) is 36.6 Å². The predicted molar refractivity (Wildman–Crippen MR) is 158 cm³/mol. The lowest BCUT2D eigenvalue weighted by molar-refractivity contribution is -0.138. The molecule has 0 fully saturated rings. The molecule has 40 heavy (non-hydrogen) atoms. The fourth-order valence-corrected chi connectivity index (χ4v) is 7.26. The van der Waals surface area contributed by atoms with E-state index in [-0.39, 0.29) is 12.2 Å². The van der Waals surface area contributed by atoms with Gasteiger partial charge in [-0.1, -0.05) is 47.7 Å². The summed E-state index contributed by atoms with van der Waals surface area (Å²) >= 11 is 7.51. The van der Waals surface area contributed by atoms with Crippen LogP contribution in [0.3, 0.4) is 0 Å². The molecule has 1 aliphatic heterocycles. The second-order valence-corrected chi connectivity index (χ2v) is 12.1. The van der Waals surface area contributed by atoms with Gasteiger partial charge in [-0.05, 0) is 58.2 Å². The van der Waals surface area contributed by atoms with E-state index in [1.165, 1.54) is 34.4 Å². The molecule has 0 bridgehead atoms. The van der Waals surface area contributed by atoms with Crippen LogP contribution in [0.25, 0.3) is 11.8 Å². The molecule has 0 radical (unpaired) electrons. The van der Waals surface area contributed by atoms with Crippen molar-refractivity contribution in [3.05, 3.63) is 118 Å². The molecule has 0 saturated heterocycles. The van der Waals surface area contributed by atoms with Crippen LogP contribution < -0.4 is 14.9 Å². The maximum absolute atomic E-state index is 13.9. The van der Waals surface area contributed by atoms with Crippen molar-refractivity contribution < 1.29 is 13.9 Å². The van der Waals surface area contributed by atoms with Crippen molar-refractivity contribution in [1.82, 2.24) is 14.5 Å². The van der Waals surface area contributed by atoms with E-state index in [1.54, 1.807) is 42.1 Å². The zero-order valence-electron chi connectivity index (χ0n) is 20.8. The summed E-state index contributed by atoms with van der Waals surface area (Å²) in [7, 11) is 0. The molecule has 0 spiro atoms. The van der Waals surface area contributed by atoms with Gasteiger partial charge in [-0.3, -0.25) is 9.36 Å². The summed E-state index contributed by atoms with van der Waals surface area (Å²) in [4.78, 5) is 41.9. The Morgan fingerprint density at radius 3 is 2.70 bits per heavy atom. The molecule has 5 heterocycles. The third-order valence-corrected chi connectivity index (χ3v) is 9.50. The predicted octanol–water partition coefficient (Wildman–Crippen LogP) is 5.29. The third kappa shape index (κ3) is 5.15. The van der Waals surface area contributed by atoms with E-state index < -0.39 is 12.0 Å². The van der Waals surface area contributed by atoms with Crippen molar-refractivity contribution in [2.75, 3.05) is 6.61 Å². The lowest BCUT2D eigenvalue weighted by Gasteiger charge is -2.24. The summed E-state index contributed by atoms with van der Waals surface area (Å²) in [5, 5.41) is 3.03. The number of nitrogens with zero attached hydrogens (tertiary/aromatic N) is 4. The molecule has 5 aromatic rings. The van der Waals surface area contributed by atoms with Crippen LogP contribution in [0, 0.1) is 0 Å². The fourth-order valence-electron chi connectivity index (χ4n) is 4.22. The number of halogens is 1. The number of carbonyl (C=O) groups is 1. The van der Waals surface area contributed by atoms with Crippen LogP contribution in [-0.2, 0) is 9.53 Å². The topological polar surface area (TPSA) is 99.6 Å². The Hall–Kier alpha value is -3.58. The van der Waals surface area contributed by atoms with Crippen molar-refractivity contribution in [3.8, 4) is 0 Å². The Bertz CT molecular complexity index is 1900. The molecule has 6 rings (SSSR count). The molecule has 0 saturated carbocycles. The molecule has 0 unspecified atom stereocenters. The first kappa shape index (κ1) is 26.6. The van der Waals surface area contributed by atoms with E-state index in [1.807, 2.05) is 47.8 Å². The Morgan fingerprint density at radius 1 is 1.18 bits per heavy atom. The third-order valence-electron chi connectivity index (χ3n) is 5.86. The number of esters is 1. The van der Waals surface area contributed by atoms with E-state index in [9.17, 15) is 9.59 Å². The average Bonchev–Trinajstić information content (AvgIpc) is 3.69. The molecular formula is C28H19BrN4O4S3. The van der Waals surface area contributed by atoms with Gasteiger partial charge < -0.3 is 9.15 Å². The van der Waals surface area contributed by atoms with Gasteiger partial charge in [0.2, 0.25) is 0 Å². The van der Waals surface area contributed by atoms with E-state index in [4.69, 9.17) is 14.1 Å². The van der Waals surface area contributed by atoms with Gasteiger partial charge in [-0.25, -0.2) is 19.8 Å². The summed E-state index contributed by atoms with van der Waals surface area (Å²) in [6.07, 6.45) is 5.00. The quantitative estimate of drug-likeness (QED) is 0.174. The van der Waals surface area contributed by atoms with E-state index >= 15 is 0 Å². The fraction of sp³-hybridized carbons (Fsp3) is 0.107. The number of hydrogen-bond acceptors (Lipinski definition) is 10. The van der Waals surface area contributed by atoms with Gasteiger partial charge in [-0.15, -0.1) is 11.3 Å². The molecule has 8 nitrogen and oxygen atoms in total. The molecule has 4 aromatic heterocycles. The van der Waals surface area contributed by atoms with Crippen LogP contribution in [0.4, 0.5) is 0 Å². The van der Waals surface area contributed by atoms with Crippen molar-refractivity contribution in [1.29, 1.82) is 0 Å². The Morgan fingerprint density at radius 2 is 1.98 bits per heavy atom. The number of benzene rings is 1. The van der Waals surface area contributed by atoms with E-state index in [0.717, 1.165) is 14.9 Å². The monoisotopic (exact) mass is 650 g/mol. The number of hydrogen-bond donors (Lipinski definition) is 0. The summed E-state index contributed by atoms with van der Waals surface area (Å²) in [5.41, 5.74) is 1.32. The van der Waals surface area contributed by atoms with Crippen LogP contribution >= 0.6 is 50.4 Å². The van der Waals surface area contributed by atoms with Crippen LogP contribution in [0.15, 0.2) is 107 Å². The molecule has 1 aliphatic rings. The normalized spacial score (nSPS) is 15.2. The van der Waals surface area contributed by atoms with Crippen LogP contribution in [-0.4, -0.2) is 27.1 Å². The average molecular weight is 652 g/mol. The number of aromatic nitrogens is 3. The second-order valence-electron chi connectivity index (χ2n) is 8.36. The summed E-state index contributed by atoms with van der Waals surface area (Å²) in [6.45, 7) is 1.96. The number of carbonyl (C=O) groups excluding carboxylic acids is 1. The highest BCUT2D eigenvalue weighted by molar-refractivity contribution is 9.10. The molecule has 0 aliphatic carbocycles. The maximum Gasteiger partial charge on any atom is 0.338 e. The van der Waals surface area contributed by atoms with Crippen molar-refractivity contribution >= 4 is 68.1 Å². The summed E-state index contributed by atoms with van der Waals surface area (Å²) in [5.74, 6) is -0.0197. The first-order valence-corrected chi connectivity index (χ1v) is 15.4. The first-order valence-electron chi connectivity index (χ1n) is 12.1. The highest BCUT2D eigenvalue weighted by atomic mass is 79.9. The number of furan rings is 1. The maximum atomic E-state index is 13.9. The molecule has 12 heteroatoms. The highest BCUT2D eigenvalue weighted by Gasteiger charge is 2.35. The van der Waals surface area contributed by atoms with Crippen LogP contribution in [0.1, 0.15) is 29.2 Å². The molecular weight excluding hydrogens is 632 g/mol. The largest absolute Gasteiger partial charge is 0.463 e. The van der Waals surface area contributed by atoms with Gasteiger partial charge in [0.05, 0.1) is 26.9 Å². The van der Waals surface area contributed by atoms with Crippen LogP contribution in [0.2, 0.25) is 0 Å². The van der Waals surface area contributed by atoms with E-state index in [2.05, 4.69) is 25.9 Å². The van der Waals surface area contributed by atoms with Crippen molar-refractivity contribution in [3.63, 3.8) is 0 Å². The molecule has 0 N–H and O–H groups in total. The number of fused-ring (bicyclic) bond motifs is 1. The SMILES string of the molecule is CCOC(=O)C1=C(c2ccccc2)N=c2s/c(=C/c3cc(Br)c(Sc4ncccn4)o3)c(=O)n2[C@@H]1c1cccs1. The lowest BCUT2D eigenvalue weighted by atomic mass is 9.97. The molecule has 1 atom stereocenters. The summed E-state index contributed by atoms with van der Waals surface area (Å²) in [6, 6.07) is 16.1. The number of ether oxygens (including phenoxy) is 1. The highest BCUT2D eigenvalue weighted by Crippen LogP contribution is 2.37. The molecule has 1 aromatic carbocycles. The van der Waals surface area contributed by atoms with Gasteiger partial charge in [0.25, 0.3) is 5.56 Å². The number of thiophene rings is 1. The van der Waals surface area contributed by atoms with Gasteiger partial charge in [0.1, 0.15) is 11.8 Å². The van der Waals surface area contributed by atoms with Gasteiger partial charge >= 0.3 is 5.97 Å². The zero-order chi connectivity index (χ0) is 27.6. The standard InChI is InChI=1S/C28H19BrN4O4S3/c1-2-36-25(35)21-22(16-8-4-3-5-9-16)32-28-33(23(21)19-10-6-13-38-19)24(34)20(39-28)15-17-14-18(29)26(37-17)40-27-30-11-7-12-31-27/h3-15,23H,2H2,1H3/b20-15+/t23-/m1/s1. The number of thiazole rings is 1. The minimum absolute atomic E-state index is 0.202. The lowest BCUT2D eigenvalue weighted by Crippen LogP contribution is -2.39. The minimum Gasteiger partial charge on any atom is -0.463 e. The molecule has 0 amide bonds. The zero-order valence-corrected chi connectivity index (χ0v) is 24.9. The number of rotatable bonds is 7. The smallest absolute Gasteiger partial charge is 0.338 e. The van der Waals surface area contributed by atoms with Gasteiger partial charge in [-0.2, -0.15) is 0 Å². The molecule has 200 valence electrons. The second kappa shape index (κ2) is 11.5. The Kier molecular flexibility index (Phi) is 7.65. The Balaban J connectivity index is 1.52. The minimum atomic E-state index is -0.683. The van der Waals surface area contributed by atoms with Crippen molar-refractivity contribution in [2.24, 2.45) is 4.99 Å². The van der Waals surface area contributed by atoms with Crippen LogP contribution in [0.5, 0.6) is 0 Å². The van der Waals surface area contributed by atoms with Gasteiger partial charge in [0.15, 0.2) is 15.1 Å².